The average molecular weight is 405 g/mol. The predicted octanol–water partition coefficient (Wildman–Crippen LogP) is 4.66. The van der Waals surface area contributed by atoms with Crippen LogP contribution in [0.1, 0.15) is 23.8 Å². The molecule has 0 fully saturated rings. The predicted molar refractivity (Wildman–Crippen MR) is 111 cm³/mol. The molecule has 144 valence electrons. The van der Waals surface area contributed by atoms with Crippen molar-refractivity contribution in [2.75, 3.05) is 0 Å². The second-order valence-electron chi connectivity index (χ2n) is 6.89. The van der Waals surface area contributed by atoms with E-state index in [9.17, 15) is 4.79 Å². The van der Waals surface area contributed by atoms with Crippen molar-refractivity contribution < 1.29 is 9.21 Å². The van der Waals surface area contributed by atoms with Crippen LogP contribution in [0, 0.1) is 0 Å². The minimum Gasteiger partial charge on any atom is -0.467 e. The Morgan fingerprint density at radius 3 is 2.72 bits per heavy atom. The van der Waals surface area contributed by atoms with Crippen LogP contribution in [0.15, 0.2) is 82.8 Å². The van der Waals surface area contributed by atoms with Crippen molar-refractivity contribution in [3.05, 3.63) is 89.6 Å². The fourth-order valence-corrected chi connectivity index (χ4v) is 3.74. The first-order valence-electron chi connectivity index (χ1n) is 9.28. The minimum absolute atomic E-state index is 0.126. The van der Waals surface area contributed by atoms with Gasteiger partial charge in [0, 0.05) is 11.4 Å². The molecule has 4 aromatic rings. The summed E-state index contributed by atoms with van der Waals surface area (Å²) in [6.07, 6.45) is 3.87. The first-order chi connectivity index (χ1) is 14.2. The number of hydrogen-bond acceptors (Lipinski definition) is 4. The lowest BCUT2D eigenvalue weighted by Crippen LogP contribution is -2.30. The summed E-state index contributed by atoms with van der Waals surface area (Å²) in [4.78, 5) is 17.6. The standard InChI is InChI=1S/C22H17ClN4O2/c23-16-9-7-15(8-10-16)18-12-20(21-6-3-11-29-21)27(25-18)22(28)13-26-14-24-17-4-1-2-5-19(17)26/h1-11,14,20H,12-13H2. The number of fused-ring (bicyclic) bond motifs is 1. The summed E-state index contributed by atoms with van der Waals surface area (Å²) in [5.74, 6) is 0.583. The SMILES string of the molecule is O=C(Cn1cnc2ccccc21)N1N=C(c2ccc(Cl)cc2)CC1c1ccco1. The van der Waals surface area contributed by atoms with Gasteiger partial charge in [0.1, 0.15) is 18.3 Å². The third kappa shape index (κ3) is 3.32. The highest BCUT2D eigenvalue weighted by molar-refractivity contribution is 6.30. The van der Waals surface area contributed by atoms with Gasteiger partial charge in [0.15, 0.2) is 0 Å². The monoisotopic (exact) mass is 404 g/mol. The number of benzene rings is 2. The van der Waals surface area contributed by atoms with E-state index in [1.807, 2.05) is 65.2 Å². The highest BCUT2D eigenvalue weighted by Crippen LogP contribution is 2.33. The molecule has 0 saturated carbocycles. The normalized spacial score (nSPS) is 16.4. The fraction of sp³-hybridized carbons (Fsp3) is 0.136. The molecule has 0 N–H and O–H groups in total. The van der Waals surface area contributed by atoms with E-state index in [4.69, 9.17) is 16.0 Å². The summed E-state index contributed by atoms with van der Waals surface area (Å²) in [5.41, 5.74) is 3.53. The van der Waals surface area contributed by atoms with Gasteiger partial charge in [-0.25, -0.2) is 9.99 Å². The van der Waals surface area contributed by atoms with E-state index in [0.717, 1.165) is 22.3 Å². The van der Waals surface area contributed by atoms with Crippen LogP contribution in [0.3, 0.4) is 0 Å². The lowest BCUT2D eigenvalue weighted by Gasteiger charge is -2.20. The summed E-state index contributed by atoms with van der Waals surface area (Å²) in [5, 5.41) is 6.84. The van der Waals surface area contributed by atoms with E-state index in [1.165, 1.54) is 5.01 Å². The Morgan fingerprint density at radius 2 is 1.93 bits per heavy atom. The van der Waals surface area contributed by atoms with Gasteiger partial charge in [-0.3, -0.25) is 4.79 Å². The Labute approximate surface area is 172 Å². The summed E-state index contributed by atoms with van der Waals surface area (Å²) in [6.45, 7) is 0.148. The quantitative estimate of drug-likeness (QED) is 0.497. The first-order valence-corrected chi connectivity index (χ1v) is 9.65. The van der Waals surface area contributed by atoms with Gasteiger partial charge >= 0.3 is 0 Å². The zero-order valence-corrected chi connectivity index (χ0v) is 16.2. The third-order valence-corrected chi connectivity index (χ3v) is 5.30. The Kier molecular flexibility index (Phi) is 4.41. The third-order valence-electron chi connectivity index (χ3n) is 5.05. The van der Waals surface area contributed by atoms with Crippen molar-refractivity contribution in [3.63, 3.8) is 0 Å². The van der Waals surface area contributed by atoms with E-state index in [-0.39, 0.29) is 18.5 Å². The van der Waals surface area contributed by atoms with Crippen LogP contribution in [-0.2, 0) is 11.3 Å². The van der Waals surface area contributed by atoms with E-state index in [0.29, 0.717) is 17.2 Å². The zero-order chi connectivity index (χ0) is 19.8. The number of para-hydroxylation sites is 2. The molecule has 0 radical (unpaired) electrons. The van der Waals surface area contributed by atoms with Crippen molar-refractivity contribution in [3.8, 4) is 0 Å². The number of amides is 1. The molecule has 0 saturated heterocycles. The number of aromatic nitrogens is 2. The summed E-state index contributed by atoms with van der Waals surface area (Å²) < 4.78 is 7.44. The Hall–Kier alpha value is -3.38. The molecule has 1 aliphatic heterocycles. The second-order valence-corrected chi connectivity index (χ2v) is 7.32. The van der Waals surface area contributed by atoms with Gasteiger partial charge in [-0.15, -0.1) is 0 Å². The lowest BCUT2D eigenvalue weighted by atomic mass is 10.0. The van der Waals surface area contributed by atoms with Crippen LogP contribution >= 0.6 is 11.6 Å². The van der Waals surface area contributed by atoms with Gasteiger partial charge < -0.3 is 8.98 Å². The molecule has 5 rings (SSSR count). The molecule has 1 unspecified atom stereocenters. The van der Waals surface area contributed by atoms with Crippen molar-refractivity contribution >= 4 is 34.3 Å². The van der Waals surface area contributed by atoms with Gasteiger partial charge in [0.2, 0.25) is 0 Å². The highest BCUT2D eigenvalue weighted by atomic mass is 35.5. The average Bonchev–Trinajstić information content (AvgIpc) is 3.48. The van der Waals surface area contributed by atoms with Gasteiger partial charge in [0.25, 0.3) is 5.91 Å². The number of furan rings is 1. The molecular weight excluding hydrogens is 388 g/mol. The second kappa shape index (κ2) is 7.22. The number of rotatable bonds is 4. The number of nitrogens with zero attached hydrogens (tertiary/aromatic N) is 4. The largest absolute Gasteiger partial charge is 0.467 e. The van der Waals surface area contributed by atoms with Crippen LogP contribution in [0.4, 0.5) is 0 Å². The van der Waals surface area contributed by atoms with Crippen LogP contribution < -0.4 is 0 Å². The van der Waals surface area contributed by atoms with E-state index in [1.54, 1.807) is 12.6 Å². The molecule has 3 heterocycles. The van der Waals surface area contributed by atoms with Crippen LogP contribution in [-0.4, -0.2) is 26.2 Å². The van der Waals surface area contributed by atoms with Gasteiger partial charge in [-0.05, 0) is 42.0 Å². The molecule has 29 heavy (non-hydrogen) atoms. The zero-order valence-electron chi connectivity index (χ0n) is 15.4. The molecule has 2 aromatic heterocycles. The molecule has 0 bridgehead atoms. The molecule has 6 nitrogen and oxygen atoms in total. The Morgan fingerprint density at radius 1 is 1.10 bits per heavy atom. The fourth-order valence-electron chi connectivity index (χ4n) is 3.61. The van der Waals surface area contributed by atoms with Crippen LogP contribution in [0.2, 0.25) is 5.02 Å². The first kappa shape index (κ1) is 17.7. The molecular formula is C22H17ClN4O2. The van der Waals surface area contributed by atoms with Gasteiger partial charge in [0.05, 0.1) is 29.3 Å². The lowest BCUT2D eigenvalue weighted by molar-refractivity contribution is -0.133. The maximum atomic E-state index is 13.2. The summed E-state index contributed by atoms with van der Waals surface area (Å²) in [6, 6.07) is 18.6. The molecule has 0 spiro atoms. The van der Waals surface area contributed by atoms with Crippen molar-refractivity contribution in [2.24, 2.45) is 5.10 Å². The van der Waals surface area contributed by atoms with Crippen molar-refractivity contribution in [2.45, 2.75) is 19.0 Å². The summed E-state index contributed by atoms with van der Waals surface area (Å²) >= 11 is 6.01. The molecule has 2 aromatic carbocycles. The van der Waals surface area contributed by atoms with Crippen molar-refractivity contribution in [1.29, 1.82) is 0 Å². The van der Waals surface area contributed by atoms with Crippen LogP contribution in [0.5, 0.6) is 0 Å². The maximum absolute atomic E-state index is 13.2. The van der Waals surface area contributed by atoms with Gasteiger partial charge in [-0.1, -0.05) is 35.9 Å². The Balaban J connectivity index is 1.47. The number of carbonyl (C=O) groups is 1. The number of hydrogen-bond donors (Lipinski definition) is 0. The number of halogens is 1. The maximum Gasteiger partial charge on any atom is 0.263 e. The van der Waals surface area contributed by atoms with Gasteiger partial charge in [-0.2, -0.15) is 5.10 Å². The number of imidazole rings is 1. The number of carbonyl (C=O) groups excluding carboxylic acids is 1. The highest BCUT2D eigenvalue weighted by Gasteiger charge is 2.35. The minimum atomic E-state index is -0.280. The molecule has 1 aliphatic rings. The van der Waals surface area contributed by atoms with E-state index < -0.39 is 0 Å². The molecule has 1 amide bonds. The molecule has 1 atom stereocenters. The van der Waals surface area contributed by atoms with Crippen LogP contribution in [0.25, 0.3) is 11.0 Å². The molecule has 7 heteroatoms. The van der Waals surface area contributed by atoms with E-state index >= 15 is 0 Å². The van der Waals surface area contributed by atoms with Crippen molar-refractivity contribution in [1.82, 2.24) is 14.6 Å². The van der Waals surface area contributed by atoms with E-state index in [2.05, 4.69) is 10.1 Å². The smallest absolute Gasteiger partial charge is 0.263 e. The summed E-state index contributed by atoms with van der Waals surface area (Å²) in [7, 11) is 0. The molecule has 0 aliphatic carbocycles. The Bertz CT molecular complexity index is 1200. The topological polar surface area (TPSA) is 63.6 Å². The number of hydrazone groups is 1.